The van der Waals surface area contributed by atoms with Crippen molar-refractivity contribution in [2.24, 2.45) is 0 Å². The highest BCUT2D eigenvalue weighted by Gasteiger charge is 2.19. The minimum atomic E-state index is -3.76. The summed E-state index contributed by atoms with van der Waals surface area (Å²) in [5.74, 6) is 1.36. The zero-order chi connectivity index (χ0) is 19.4. The zero-order valence-electron chi connectivity index (χ0n) is 15.7. The largest absolute Gasteiger partial charge is 0.491 e. The van der Waals surface area contributed by atoms with Crippen molar-refractivity contribution in [2.75, 3.05) is 35.9 Å². The Balaban J connectivity index is 1.79. The van der Waals surface area contributed by atoms with Crippen molar-refractivity contribution in [3.8, 4) is 5.75 Å². The Morgan fingerprint density at radius 3 is 2.44 bits per heavy atom. The van der Waals surface area contributed by atoms with Crippen molar-refractivity contribution < 1.29 is 17.9 Å². The van der Waals surface area contributed by atoms with Crippen LogP contribution in [-0.4, -0.2) is 50.8 Å². The number of hydrogen-bond donors (Lipinski definition) is 1. The van der Waals surface area contributed by atoms with Crippen LogP contribution in [0.1, 0.15) is 19.5 Å². The number of nitrogens with one attached hydrogen (secondary N) is 1. The van der Waals surface area contributed by atoms with E-state index in [1.165, 1.54) is 12.1 Å². The molecular weight excluding hydrogens is 368 g/mol. The Bertz CT molecular complexity index is 879. The minimum Gasteiger partial charge on any atom is -0.491 e. The summed E-state index contributed by atoms with van der Waals surface area (Å²) in [6.07, 6.45) is 0.0215. The van der Waals surface area contributed by atoms with Gasteiger partial charge in [0.2, 0.25) is 5.95 Å². The second-order valence-corrected chi connectivity index (χ2v) is 8.22. The molecule has 27 heavy (non-hydrogen) atoms. The molecule has 1 aromatic heterocycles. The van der Waals surface area contributed by atoms with Crippen LogP contribution in [0.5, 0.6) is 5.75 Å². The van der Waals surface area contributed by atoms with Gasteiger partial charge in [0.25, 0.3) is 10.0 Å². The molecule has 0 unspecified atom stereocenters. The van der Waals surface area contributed by atoms with Crippen LogP contribution in [0.15, 0.2) is 35.2 Å². The average Bonchev–Trinajstić information content (AvgIpc) is 2.61. The Kier molecular flexibility index (Phi) is 5.81. The monoisotopic (exact) mass is 392 g/mol. The normalized spacial score (nSPS) is 15.0. The predicted octanol–water partition coefficient (Wildman–Crippen LogP) is 2.21. The molecule has 0 amide bonds. The fourth-order valence-electron chi connectivity index (χ4n) is 2.68. The molecule has 8 nitrogen and oxygen atoms in total. The molecule has 0 saturated carbocycles. The number of aromatic nitrogens is 2. The summed E-state index contributed by atoms with van der Waals surface area (Å²) in [6.45, 7) is 8.18. The van der Waals surface area contributed by atoms with E-state index in [1.54, 1.807) is 18.2 Å². The van der Waals surface area contributed by atoms with E-state index in [-0.39, 0.29) is 16.8 Å². The van der Waals surface area contributed by atoms with Crippen LogP contribution in [0.2, 0.25) is 0 Å². The third-order valence-corrected chi connectivity index (χ3v) is 5.25. The molecule has 1 fully saturated rings. The van der Waals surface area contributed by atoms with E-state index in [2.05, 4.69) is 14.7 Å². The SMILES string of the molecule is Cc1cc(NS(=O)(=O)c2ccc(OC(C)C)cc2)nc(N2CCOCC2)n1. The van der Waals surface area contributed by atoms with Crippen LogP contribution >= 0.6 is 0 Å². The van der Waals surface area contributed by atoms with E-state index < -0.39 is 10.0 Å². The highest BCUT2D eigenvalue weighted by atomic mass is 32.2. The third kappa shape index (κ3) is 5.08. The van der Waals surface area contributed by atoms with E-state index in [0.29, 0.717) is 43.7 Å². The molecule has 0 spiro atoms. The summed E-state index contributed by atoms with van der Waals surface area (Å²) in [7, 11) is -3.76. The lowest BCUT2D eigenvalue weighted by atomic mass is 10.3. The van der Waals surface area contributed by atoms with Gasteiger partial charge in [-0.1, -0.05) is 0 Å². The van der Waals surface area contributed by atoms with Crippen LogP contribution in [0.3, 0.4) is 0 Å². The second-order valence-electron chi connectivity index (χ2n) is 6.54. The van der Waals surface area contributed by atoms with E-state index in [4.69, 9.17) is 9.47 Å². The number of hydrogen-bond acceptors (Lipinski definition) is 7. The molecule has 1 N–H and O–H groups in total. The lowest BCUT2D eigenvalue weighted by molar-refractivity contribution is 0.122. The molecule has 146 valence electrons. The highest BCUT2D eigenvalue weighted by molar-refractivity contribution is 7.92. The zero-order valence-corrected chi connectivity index (χ0v) is 16.5. The maximum absolute atomic E-state index is 12.7. The van der Waals surface area contributed by atoms with Gasteiger partial charge in [-0.25, -0.2) is 13.4 Å². The van der Waals surface area contributed by atoms with Crippen molar-refractivity contribution in [3.05, 3.63) is 36.0 Å². The lowest BCUT2D eigenvalue weighted by Crippen LogP contribution is -2.37. The van der Waals surface area contributed by atoms with Crippen molar-refractivity contribution >= 4 is 21.8 Å². The van der Waals surface area contributed by atoms with Gasteiger partial charge in [0.05, 0.1) is 24.2 Å². The molecule has 1 aliphatic heterocycles. The number of aryl methyl sites for hydroxylation is 1. The minimum absolute atomic E-state index is 0.0215. The van der Waals surface area contributed by atoms with Gasteiger partial charge in [0, 0.05) is 24.8 Å². The third-order valence-electron chi connectivity index (χ3n) is 3.88. The first-order chi connectivity index (χ1) is 12.8. The fourth-order valence-corrected chi connectivity index (χ4v) is 3.67. The van der Waals surface area contributed by atoms with Crippen molar-refractivity contribution in [2.45, 2.75) is 31.8 Å². The summed E-state index contributed by atoms with van der Waals surface area (Å²) >= 11 is 0. The molecule has 0 bridgehead atoms. The van der Waals surface area contributed by atoms with Gasteiger partial charge in [-0.05, 0) is 45.0 Å². The van der Waals surface area contributed by atoms with Gasteiger partial charge in [-0.15, -0.1) is 0 Å². The molecule has 1 saturated heterocycles. The quantitative estimate of drug-likeness (QED) is 0.805. The first-order valence-electron chi connectivity index (χ1n) is 8.81. The number of morpholine rings is 1. The maximum atomic E-state index is 12.7. The van der Waals surface area contributed by atoms with E-state index in [1.807, 2.05) is 25.7 Å². The summed E-state index contributed by atoms with van der Waals surface area (Å²) in [4.78, 5) is 10.9. The smallest absolute Gasteiger partial charge is 0.263 e. The Hall–Kier alpha value is -2.39. The van der Waals surface area contributed by atoms with E-state index >= 15 is 0 Å². The summed E-state index contributed by atoms with van der Waals surface area (Å²) in [5.41, 5.74) is 0.685. The van der Waals surface area contributed by atoms with Crippen LogP contribution in [0.25, 0.3) is 0 Å². The molecule has 1 aliphatic rings. The van der Waals surface area contributed by atoms with Crippen molar-refractivity contribution in [3.63, 3.8) is 0 Å². The van der Waals surface area contributed by atoms with Gasteiger partial charge in [0.1, 0.15) is 11.6 Å². The number of benzene rings is 1. The fraction of sp³-hybridized carbons (Fsp3) is 0.444. The number of ether oxygens (including phenoxy) is 2. The maximum Gasteiger partial charge on any atom is 0.263 e. The highest BCUT2D eigenvalue weighted by Crippen LogP contribution is 2.21. The number of rotatable bonds is 6. The topological polar surface area (TPSA) is 93.7 Å². The molecule has 2 aromatic rings. The molecule has 0 radical (unpaired) electrons. The average molecular weight is 392 g/mol. The molecule has 9 heteroatoms. The second kappa shape index (κ2) is 8.10. The molecular formula is C18H24N4O4S. The van der Waals surface area contributed by atoms with Crippen LogP contribution in [0.4, 0.5) is 11.8 Å². The van der Waals surface area contributed by atoms with Crippen LogP contribution in [-0.2, 0) is 14.8 Å². The summed E-state index contributed by atoms with van der Waals surface area (Å²) < 4.78 is 38.8. The molecule has 3 rings (SSSR count). The number of nitrogens with zero attached hydrogens (tertiary/aromatic N) is 3. The lowest BCUT2D eigenvalue weighted by Gasteiger charge is -2.27. The molecule has 2 heterocycles. The summed E-state index contributed by atoms with van der Waals surface area (Å²) in [6, 6.07) is 7.91. The Morgan fingerprint density at radius 1 is 1.15 bits per heavy atom. The van der Waals surface area contributed by atoms with Gasteiger partial charge in [-0.2, -0.15) is 4.98 Å². The van der Waals surface area contributed by atoms with E-state index in [0.717, 1.165) is 0 Å². The van der Waals surface area contributed by atoms with Gasteiger partial charge in [0.15, 0.2) is 0 Å². The molecule has 1 aromatic carbocycles. The van der Waals surface area contributed by atoms with E-state index in [9.17, 15) is 8.42 Å². The molecule has 0 atom stereocenters. The summed E-state index contributed by atoms with van der Waals surface area (Å²) in [5, 5.41) is 0. The van der Waals surface area contributed by atoms with Crippen molar-refractivity contribution in [1.29, 1.82) is 0 Å². The van der Waals surface area contributed by atoms with Crippen LogP contribution < -0.4 is 14.4 Å². The van der Waals surface area contributed by atoms with Gasteiger partial charge >= 0.3 is 0 Å². The van der Waals surface area contributed by atoms with Gasteiger partial charge < -0.3 is 14.4 Å². The first kappa shape index (κ1) is 19.4. The van der Waals surface area contributed by atoms with Crippen molar-refractivity contribution in [1.82, 2.24) is 9.97 Å². The molecule has 0 aliphatic carbocycles. The van der Waals surface area contributed by atoms with Gasteiger partial charge in [-0.3, -0.25) is 4.72 Å². The first-order valence-corrected chi connectivity index (χ1v) is 10.3. The number of sulfonamides is 1. The van der Waals surface area contributed by atoms with Crippen LogP contribution in [0, 0.1) is 6.92 Å². The predicted molar refractivity (Wildman–Crippen MR) is 103 cm³/mol. The number of anilines is 2. The standard InChI is InChI=1S/C18H24N4O4S/c1-13(2)26-15-4-6-16(7-5-15)27(23,24)21-17-12-14(3)19-18(20-17)22-8-10-25-11-9-22/h4-7,12-13H,8-11H2,1-3H3,(H,19,20,21). The Labute approximate surface area is 159 Å². The Morgan fingerprint density at radius 2 is 1.81 bits per heavy atom.